The minimum atomic E-state index is 0.473. The van der Waals surface area contributed by atoms with E-state index in [1.165, 1.54) is 5.57 Å². The van der Waals surface area contributed by atoms with Gasteiger partial charge >= 0.3 is 0 Å². The van der Waals surface area contributed by atoms with Crippen LogP contribution >= 0.6 is 11.6 Å². The van der Waals surface area contributed by atoms with Crippen LogP contribution in [0.25, 0.3) is 6.08 Å². The van der Waals surface area contributed by atoms with Gasteiger partial charge in [0.15, 0.2) is 11.5 Å². The summed E-state index contributed by atoms with van der Waals surface area (Å²) >= 11 is 6.23. The summed E-state index contributed by atoms with van der Waals surface area (Å²) in [5.74, 6) is 1.70. The molecule has 4 heteroatoms. The monoisotopic (exact) mass is 297 g/mol. The van der Waals surface area contributed by atoms with Gasteiger partial charge in [0.25, 0.3) is 0 Å². The van der Waals surface area contributed by atoms with Gasteiger partial charge in [-0.15, -0.1) is 0 Å². The second-order valence-corrected chi connectivity index (χ2v) is 5.30. The number of benzene rings is 1. The SMILES string of the molecule is CCNCC(=Cc1cc(Cl)c(OC)c(OC)c1)C(C)C. The molecule has 0 aliphatic carbocycles. The highest BCUT2D eigenvalue weighted by atomic mass is 35.5. The van der Waals surface area contributed by atoms with Crippen molar-refractivity contribution in [2.75, 3.05) is 27.3 Å². The van der Waals surface area contributed by atoms with Gasteiger partial charge in [0.1, 0.15) is 0 Å². The molecular weight excluding hydrogens is 274 g/mol. The molecule has 0 aliphatic heterocycles. The number of nitrogens with one attached hydrogen (secondary N) is 1. The molecule has 0 aliphatic rings. The van der Waals surface area contributed by atoms with Crippen molar-refractivity contribution >= 4 is 17.7 Å². The molecule has 0 radical (unpaired) electrons. The number of methoxy groups -OCH3 is 2. The van der Waals surface area contributed by atoms with E-state index in [4.69, 9.17) is 21.1 Å². The Morgan fingerprint density at radius 1 is 1.30 bits per heavy atom. The number of ether oxygens (including phenoxy) is 2. The summed E-state index contributed by atoms with van der Waals surface area (Å²) < 4.78 is 10.6. The first-order valence-electron chi connectivity index (χ1n) is 6.86. The Morgan fingerprint density at radius 2 is 2.00 bits per heavy atom. The number of hydrogen-bond donors (Lipinski definition) is 1. The summed E-state index contributed by atoms with van der Waals surface area (Å²) in [4.78, 5) is 0. The van der Waals surface area contributed by atoms with E-state index in [2.05, 4.69) is 32.2 Å². The molecule has 1 rings (SSSR count). The van der Waals surface area contributed by atoms with E-state index in [1.54, 1.807) is 14.2 Å². The van der Waals surface area contributed by atoms with Crippen LogP contribution in [-0.2, 0) is 0 Å². The lowest BCUT2D eigenvalue weighted by Gasteiger charge is -2.14. The number of likely N-dealkylation sites (N-methyl/N-ethyl adjacent to an activating group) is 1. The van der Waals surface area contributed by atoms with Crippen LogP contribution in [0.1, 0.15) is 26.3 Å². The van der Waals surface area contributed by atoms with Gasteiger partial charge in [-0.1, -0.05) is 44.0 Å². The molecule has 0 amide bonds. The van der Waals surface area contributed by atoms with E-state index in [0.29, 0.717) is 22.4 Å². The summed E-state index contributed by atoms with van der Waals surface area (Å²) in [5, 5.41) is 3.92. The van der Waals surface area contributed by atoms with Crippen LogP contribution in [0.15, 0.2) is 17.7 Å². The standard InChI is InChI=1S/C16H24ClNO2/c1-6-18-10-13(11(2)3)7-12-8-14(17)16(20-5)15(9-12)19-4/h7-9,11,18H,6,10H2,1-5H3. The number of hydrogen-bond acceptors (Lipinski definition) is 3. The summed E-state index contributed by atoms with van der Waals surface area (Å²) in [7, 11) is 3.20. The molecular formula is C16H24ClNO2. The topological polar surface area (TPSA) is 30.5 Å². The van der Waals surface area contributed by atoms with Crippen LogP contribution in [0, 0.1) is 5.92 Å². The Labute approximate surface area is 126 Å². The van der Waals surface area contributed by atoms with Crippen LogP contribution in [0.2, 0.25) is 5.02 Å². The normalized spacial score (nSPS) is 11.8. The predicted octanol–water partition coefficient (Wildman–Crippen LogP) is 4.01. The fourth-order valence-corrected chi connectivity index (χ4v) is 2.22. The maximum Gasteiger partial charge on any atom is 0.179 e. The van der Waals surface area contributed by atoms with Crippen LogP contribution in [0.4, 0.5) is 0 Å². The van der Waals surface area contributed by atoms with Gasteiger partial charge in [0.05, 0.1) is 19.2 Å². The molecule has 0 spiro atoms. The minimum Gasteiger partial charge on any atom is -0.493 e. The molecule has 1 aromatic carbocycles. The number of halogens is 1. The third-order valence-corrected chi connectivity index (χ3v) is 3.41. The van der Waals surface area contributed by atoms with Gasteiger partial charge in [0.2, 0.25) is 0 Å². The zero-order valence-corrected chi connectivity index (χ0v) is 13.7. The molecule has 0 aromatic heterocycles. The quantitative estimate of drug-likeness (QED) is 0.825. The molecule has 0 heterocycles. The van der Waals surface area contributed by atoms with E-state index < -0.39 is 0 Å². The first kappa shape index (κ1) is 16.9. The molecule has 3 nitrogen and oxygen atoms in total. The van der Waals surface area contributed by atoms with Crippen LogP contribution in [0.5, 0.6) is 11.5 Å². The van der Waals surface area contributed by atoms with Gasteiger partial charge in [-0.05, 0) is 30.2 Å². The van der Waals surface area contributed by atoms with E-state index >= 15 is 0 Å². The lowest BCUT2D eigenvalue weighted by molar-refractivity contribution is 0.355. The molecule has 0 fully saturated rings. The Hall–Kier alpha value is -1.19. The average molecular weight is 298 g/mol. The van der Waals surface area contributed by atoms with Crippen LogP contribution in [0.3, 0.4) is 0 Å². The zero-order chi connectivity index (χ0) is 15.1. The van der Waals surface area contributed by atoms with Gasteiger partial charge in [-0.25, -0.2) is 0 Å². The van der Waals surface area contributed by atoms with E-state index in [-0.39, 0.29) is 0 Å². The second-order valence-electron chi connectivity index (χ2n) is 4.89. The number of rotatable bonds is 7. The summed E-state index contributed by atoms with van der Waals surface area (Å²) in [6, 6.07) is 3.84. The maximum absolute atomic E-state index is 6.23. The summed E-state index contributed by atoms with van der Waals surface area (Å²) in [5.41, 5.74) is 2.35. The lowest BCUT2D eigenvalue weighted by Crippen LogP contribution is -2.18. The zero-order valence-electron chi connectivity index (χ0n) is 12.9. The molecule has 1 aromatic rings. The second kappa shape index (κ2) is 8.18. The Morgan fingerprint density at radius 3 is 2.50 bits per heavy atom. The first-order chi connectivity index (χ1) is 9.53. The largest absolute Gasteiger partial charge is 0.493 e. The van der Waals surface area contributed by atoms with Gasteiger partial charge < -0.3 is 14.8 Å². The molecule has 0 saturated heterocycles. The minimum absolute atomic E-state index is 0.473. The Balaban J connectivity index is 3.14. The van der Waals surface area contributed by atoms with Crippen molar-refractivity contribution in [3.8, 4) is 11.5 Å². The molecule has 0 atom stereocenters. The fraction of sp³-hybridized carbons (Fsp3) is 0.500. The molecule has 1 N–H and O–H groups in total. The van der Waals surface area contributed by atoms with Crippen molar-refractivity contribution in [2.45, 2.75) is 20.8 Å². The lowest BCUT2D eigenvalue weighted by atomic mass is 10.00. The van der Waals surface area contributed by atoms with Gasteiger partial charge in [-0.3, -0.25) is 0 Å². The Bertz CT molecular complexity index is 470. The predicted molar refractivity (Wildman–Crippen MR) is 85.9 cm³/mol. The fourth-order valence-electron chi connectivity index (χ4n) is 1.93. The van der Waals surface area contributed by atoms with Gasteiger partial charge in [-0.2, -0.15) is 0 Å². The molecule has 112 valence electrons. The van der Waals surface area contributed by atoms with Crippen molar-refractivity contribution in [3.63, 3.8) is 0 Å². The summed E-state index contributed by atoms with van der Waals surface area (Å²) in [6.07, 6.45) is 2.15. The third kappa shape index (κ3) is 4.43. The van der Waals surface area contributed by atoms with E-state index in [0.717, 1.165) is 18.7 Å². The third-order valence-electron chi connectivity index (χ3n) is 3.13. The molecule has 20 heavy (non-hydrogen) atoms. The van der Waals surface area contributed by atoms with Gasteiger partial charge in [0, 0.05) is 6.54 Å². The first-order valence-corrected chi connectivity index (χ1v) is 7.23. The van der Waals surface area contributed by atoms with Crippen molar-refractivity contribution in [1.29, 1.82) is 0 Å². The average Bonchev–Trinajstić information content (AvgIpc) is 2.42. The smallest absolute Gasteiger partial charge is 0.179 e. The van der Waals surface area contributed by atoms with Crippen molar-refractivity contribution in [2.24, 2.45) is 5.92 Å². The van der Waals surface area contributed by atoms with Crippen molar-refractivity contribution in [1.82, 2.24) is 5.32 Å². The summed E-state index contributed by atoms with van der Waals surface area (Å²) in [6.45, 7) is 8.30. The molecule has 0 saturated carbocycles. The highest BCUT2D eigenvalue weighted by Crippen LogP contribution is 2.36. The van der Waals surface area contributed by atoms with Crippen molar-refractivity contribution < 1.29 is 9.47 Å². The maximum atomic E-state index is 6.23. The van der Waals surface area contributed by atoms with E-state index in [9.17, 15) is 0 Å². The van der Waals surface area contributed by atoms with E-state index in [1.807, 2.05) is 12.1 Å². The Kier molecular flexibility index (Phi) is 6.89. The highest BCUT2D eigenvalue weighted by Gasteiger charge is 2.11. The molecule has 0 unspecified atom stereocenters. The van der Waals surface area contributed by atoms with Crippen molar-refractivity contribution in [3.05, 3.63) is 28.3 Å². The van der Waals surface area contributed by atoms with Crippen LogP contribution < -0.4 is 14.8 Å². The highest BCUT2D eigenvalue weighted by molar-refractivity contribution is 6.32. The molecule has 0 bridgehead atoms. The van der Waals surface area contributed by atoms with Crippen LogP contribution in [-0.4, -0.2) is 27.3 Å².